The summed E-state index contributed by atoms with van der Waals surface area (Å²) in [4.78, 5) is 15.0. The maximum atomic E-state index is 12.2. The van der Waals surface area contributed by atoms with E-state index in [-0.39, 0.29) is 11.4 Å². The first-order valence-electron chi connectivity index (χ1n) is 7.92. The van der Waals surface area contributed by atoms with Gasteiger partial charge < -0.3 is 15.5 Å². The van der Waals surface area contributed by atoms with Crippen molar-refractivity contribution in [1.82, 2.24) is 5.32 Å². The number of anilines is 2. The van der Waals surface area contributed by atoms with E-state index in [1.165, 1.54) is 11.8 Å². The Labute approximate surface area is 157 Å². The number of carbonyl (C=O) groups is 1. The van der Waals surface area contributed by atoms with Gasteiger partial charge in [0.05, 0.1) is 4.91 Å². The molecule has 4 nitrogen and oxygen atoms in total. The van der Waals surface area contributed by atoms with Gasteiger partial charge in [0.25, 0.3) is 5.91 Å². The first kappa shape index (κ1) is 17.7. The summed E-state index contributed by atoms with van der Waals surface area (Å²) in [6.07, 6.45) is 1.91. The zero-order valence-electron chi connectivity index (χ0n) is 14.3. The van der Waals surface area contributed by atoms with Crippen LogP contribution in [0.2, 0.25) is 5.02 Å². The summed E-state index contributed by atoms with van der Waals surface area (Å²) in [7, 11) is 4.00. The van der Waals surface area contributed by atoms with Crippen molar-refractivity contribution in [2.75, 3.05) is 24.3 Å². The van der Waals surface area contributed by atoms with Gasteiger partial charge in [-0.05, 0) is 48.4 Å². The van der Waals surface area contributed by atoms with E-state index in [0.717, 1.165) is 22.5 Å². The standard InChI is InChI=1S/C19H20ClN3OS/c1-12-4-7-14(20)11-16(12)21-19-22-18(24)17(25-19)10-13-5-8-15(9-6-13)23(2)3/h4-11,19,21H,1-3H3,(H,22,24)/b17-10-. The first-order valence-corrected chi connectivity index (χ1v) is 9.17. The molecule has 0 radical (unpaired) electrons. The normalized spacial score (nSPS) is 18.3. The maximum Gasteiger partial charge on any atom is 0.260 e. The Morgan fingerprint density at radius 1 is 1.20 bits per heavy atom. The van der Waals surface area contributed by atoms with Gasteiger partial charge in [0, 0.05) is 30.5 Å². The van der Waals surface area contributed by atoms with Crippen molar-refractivity contribution in [2.24, 2.45) is 0 Å². The van der Waals surface area contributed by atoms with E-state index in [2.05, 4.69) is 10.6 Å². The van der Waals surface area contributed by atoms with Crippen LogP contribution < -0.4 is 15.5 Å². The van der Waals surface area contributed by atoms with Gasteiger partial charge in [-0.3, -0.25) is 4.79 Å². The minimum absolute atomic E-state index is 0.0705. The molecule has 6 heteroatoms. The van der Waals surface area contributed by atoms with Crippen LogP contribution in [0.15, 0.2) is 47.4 Å². The maximum absolute atomic E-state index is 12.2. The summed E-state index contributed by atoms with van der Waals surface area (Å²) >= 11 is 7.52. The van der Waals surface area contributed by atoms with Gasteiger partial charge in [-0.15, -0.1) is 0 Å². The number of amides is 1. The van der Waals surface area contributed by atoms with Crippen molar-refractivity contribution in [2.45, 2.75) is 12.4 Å². The van der Waals surface area contributed by atoms with Gasteiger partial charge in [-0.2, -0.15) is 0 Å². The lowest BCUT2D eigenvalue weighted by Crippen LogP contribution is -2.31. The number of carbonyl (C=O) groups excluding carboxylic acids is 1. The van der Waals surface area contributed by atoms with Gasteiger partial charge in [0.15, 0.2) is 5.50 Å². The van der Waals surface area contributed by atoms with Crippen LogP contribution in [0.1, 0.15) is 11.1 Å². The smallest absolute Gasteiger partial charge is 0.260 e. The molecule has 2 aromatic carbocycles. The number of nitrogens with zero attached hydrogens (tertiary/aromatic N) is 1. The predicted octanol–water partition coefficient (Wildman–Crippen LogP) is 4.31. The fourth-order valence-corrected chi connectivity index (χ4v) is 3.62. The van der Waals surface area contributed by atoms with E-state index in [4.69, 9.17) is 11.6 Å². The number of hydrogen-bond acceptors (Lipinski definition) is 4. The zero-order valence-corrected chi connectivity index (χ0v) is 15.9. The molecule has 2 aromatic rings. The predicted molar refractivity (Wildman–Crippen MR) is 108 cm³/mol. The quantitative estimate of drug-likeness (QED) is 0.783. The Kier molecular flexibility index (Phi) is 5.25. The van der Waals surface area contributed by atoms with Crippen LogP contribution in [0.5, 0.6) is 0 Å². The molecule has 2 N–H and O–H groups in total. The molecule has 0 spiro atoms. The molecule has 1 atom stereocenters. The molecule has 1 fully saturated rings. The second-order valence-electron chi connectivity index (χ2n) is 6.07. The van der Waals surface area contributed by atoms with Gasteiger partial charge in [0.2, 0.25) is 0 Å². The lowest BCUT2D eigenvalue weighted by atomic mass is 10.2. The van der Waals surface area contributed by atoms with Gasteiger partial charge in [-0.1, -0.05) is 41.6 Å². The second-order valence-corrected chi connectivity index (χ2v) is 7.65. The number of halogens is 1. The molecule has 1 heterocycles. The fourth-order valence-electron chi connectivity index (χ4n) is 2.48. The van der Waals surface area contributed by atoms with E-state index in [9.17, 15) is 4.79 Å². The Balaban J connectivity index is 1.72. The molecule has 1 aliphatic rings. The van der Waals surface area contributed by atoms with Crippen LogP contribution in [0, 0.1) is 6.92 Å². The van der Waals surface area contributed by atoms with Crippen molar-refractivity contribution >= 4 is 46.7 Å². The molecule has 25 heavy (non-hydrogen) atoms. The summed E-state index contributed by atoms with van der Waals surface area (Å²) in [5.74, 6) is -0.0705. The molecule has 0 aromatic heterocycles. The fraction of sp³-hybridized carbons (Fsp3) is 0.211. The van der Waals surface area contributed by atoms with Crippen LogP contribution in [-0.2, 0) is 4.79 Å². The van der Waals surface area contributed by atoms with Gasteiger partial charge in [-0.25, -0.2) is 0 Å². The summed E-state index contributed by atoms with van der Waals surface area (Å²) < 4.78 is 0. The highest BCUT2D eigenvalue weighted by molar-refractivity contribution is 8.05. The average molecular weight is 374 g/mol. The van der Waals surface area contributed by atoms with Crippen molar-refractivity contribution < 1.29 is 4.79 Å². The van der Waals surface area contributed by atoms with Crippen LogP contribution >= 0.6 is 23.4 Å². The van der Waals surface area contributed by atoms with E-state index in [1.54, 1.807) is 0 Å². The molecule has 0 saturated carbocycles. The van der Waals surface area contributed by atoms with Crippen LogP contribution in [0.4, 0.5) is 11.4 Å². The van der Waals surface area contributed by atoms with Crippen LogP contribution in [-0.4, -0.2) is 25.5 Å². The molecule has 3 rings (SSSR count). The summed E-state index contributed by atoms with van der Waals surface area (Å²) in [6, 6.07) is 13.8. The molecular formula is C19H20ClN3OS. The van der Waals surface area contributed by atoms with Gasteiger partial charge >= 0.3 is 0 Å². The Morgan fingerprint density at radius 3 is 2.60 bits per heavy atom. The number of rotatable bonds is 4. The Hall–Kier alpha value is -2.11. The largest absolute Gasteiger partial charge is 0.378 e. The van der Waals surface area contributed by atoms with Crippen LogP contribution in [0.25, 0.3) is 6.08 Å². The lowest BCUT2D eigenvalue weighted by molar-refractivity contribution is -0.116. The second kappa shape index (κ2) is 7.42. The zero-order chi connectivity index (χ0) is 18.0. The van der Waals surface area contributed by atoms with Gasteiger partial charge in [0.1, 0.15) is 0 Å². The minimum atomic E-state index is -0.211. The summed E-state index contributed by atoms with van der Waals surface area (Å²) in [6.45, 7) is 2.00. The number of nitrogens with one attached hydrogen (secondary N) is 2. The number of hydrogen-bond donors (Lipinski definition) is 2. The lowest BCUT2D eigenvalue weighted by Gasteiger charge is -2.15. The van der Waals surface area contributed by atoms with Crippen molar-refractivity contribution in [1.29, 1.82) is 0 Å². The highest BCUT2D eigenvalue weighted by Gasteiger charge is 2.27. The molecule has 1 unspecified atom stereocenters. The minimum Gasteiger partial charge on any atom is -0.378 e. The number of aryl methyl sites for hydroxylation is 1. The summed E-state index contributed by atoms with van der Waals surface area (Å²) in [5.41, 5.74) is 3.92. The van der Waals surface area contributed by atoms with E-state index >= 15 is 0 Å². The molecule has 1 amide bonds. The first-order chi connectivity index (χ1) is 11.9. The molecule has 0 bridgehead atoms. The average Bonchev–Trinajstić information content (AvgIpc) is 2.91. The molecular weight excluding hydrogens is 354 g/mol. The van der Waals surface area contributed by atoms with Crippen LogP contribution in [0.3, 0.4) is 0 Å². The number of thioether (sulfide) groups is 1. The van der Waals surface area contributed by atoms with Crippen molar-refractivity contribution in [3.8, 4) is 0 Å². The molecule has 1 aliphatic heterocycles. The van der Waals surface area contributed by atoms with E-state index in [0.29, 0.717) is 9.93 Å². The van der Waals surface area contributed by atoms with Crippen molar-refractivity contribution in [3.63, 3.8) is 0 Å². The van der Waals surface area contributed by atoms with E-state index in [1.807, 2.05) is 74.5 Å². The third kappa shape index (κ3) is 4.30. The summed E-state index contributed by atoms with van der Waals surface area (Å²) in [5, 5.41) is 6.93. The highest BCUT2D eigenvalue weighted by atomic mass is 35.5. The monoisotopic (exact) mass is 373 g/mol. The number of benzene rings is 2. The molecule has 130 valence electrons. The highest BCUT2D eigenvalue weighted by Crippen LogP contribution is 2.31. The third-order valence-corrected chi connectivity index (χ3v) is 5.19. The topological polar surface area (TPSA) is 44.4 Å². The Morgan fingerprint density at radius 2 is 1.92 bits per heavy atom. The SMILES string of the molecule is Cc1ccc(Cl)cc1NC1NC(=O)/C(=C/c2ccc(N(C)C)cc2)S1. The molecule has 1 saturated heterocycles. The molecule has 0 aliphatic carbocycles. The Bertz CT molecular complexity index is 818. The van der Waals surface area contributed by atoms with E-state index < -0.39 is 0 Å². The third-order valence-electron chi connectivity index (χ3n) is 3.92. The van der Waals surface area contributed by atoms with Crippen molar-refractivity contribution in [3.05, 3.63) is 63.5 Å².